The second-order valence-electron chi connectivity index (χ2n) is 6.14. The summed E-state index contributed by atoms with van der Waals surface area (Å²) in [5.41, 5.74) is 0.312. The van der Waals surface area contributed by atoms with Crippen molar-refractivity contribution in [3.8, 4) is 0 Å². The zero-order valence-electron chi connectivity index (χ0n) is 14.7. The van der Waals surface area contributed by atoms with Gasteiger partial charge in [-0.15, -0.1) is 0 Å². The molecule has 0 aliphatic carbocycles. The first-order chi connectivity index (χ1) is 13.6. The summed E-state index contributed by atoms with van der Waals surface area (Å²) in [4.78, 5) is 31.0. The Morgan fingerprint density at radius 2 is 1.75 bits per heavy atom. The van der Waals surface area contributed by atoms with E-state index in [9.17, 15) is 14.0 Å². The number of hydrogen-bond donors (Lipinski definition) is 0. The van der Waals surface area contributed by atoms with Crippen molar-refractivity contribution < 1.29 is 13.6 Å². The molecule has 0 aliphatic rings. The van der Waals surface area contributed by atoms with Crippen LogP contribution in [0, 0.1) is 5.82 Å². The number of carbonyl (C=O) groups is 1. The van der Waals surface area contributed by atoms with E-state index in [1.165, 1.54) is 17.2 Å². The van der Waals surface area contributed by atoms with Gasteiger partial charge in [-0.2, -0.15) is 0 Å². The maximum Gasteiger partial charge on any atom is 0.295 e. The number of pyridine rings is 1. The average Bonchev–Trinajstić information content (AvgIpc) is 2.73. The third kappa shape index (κ3) is 3.40. The Labute approximate surface area is 159 Å². The minimum atomic E-state index is -0.579. The molecule has 0 radical (unpaired) electrons. The molecule has 28 heavy (non-hydrogen) atoms. The van der Waals surface area contributed by atoms with Gasteiger partial charge in [0.05, 0.1) is 11.9 Å². The van der Waals surface area contributed by atoms with Crippen molar-refractivity contribution in [1.29, 1.82) is 0 Å². The zero-order valence-corrected chi connectivity index (χ0v) is 14.7. The highest BCUT2D eigenvalue weighted by atomic mass is 19.1. The number of anilines is 1. The van der Waals surface area contributed by atoms with Crippen molar-refractivity contribution in [1.82, 2.24) is 4.98 Å². The monoisotopic (exact) mass is 374 g/mol. The Morgan fingerprint density at radius 3 is 2.54 bits per heavy atom. The predicted molar refractivity (Wildman–Crippen MR) is 104 cm³/mol. The molecule has 0 fully saturated rings. The van der Waals surface area contributed by atoms with Crippen LogP contribution in [0.2, 0.25) is 0 Å². The number of aromatic nitrogens is 1. The van der Waals surface area contributed by atoms with Gasteiger partial charge in [0.25, 0.3) is 5.91 Å². The van der Waals surface area contributed by atoms with Crippen LogP contribution in [-0.4, -0.2) is 10.9 Å². The van der Waals surface area contributed by atoms with Crippen LogP contribution in [0.3, 0.4) is 0 Å². The molecule has 5 nitrogen and oxygen atoms in total. The molecule has 6 heteroatoms. The van der Waals surface area contributed by atoms with Crippen LogP contribution in [0.5, 0.6) is 0 Å². The van der Waals surface area contributed by atoms with Gasteiger partial charge < -0.3 is 4.42 Å². The summed E-state index contributed by atoms with van der Waals surface area (Å²) in [6.07, 6.45) is 1.54. The van der Waals surface area contributed by atoms with Crippen molar-refractivity contribution in [2.75, 3.05) is 4.90 Å². The van der Waals surface area contributed by atoms with Gasteiger partial charge in [0.1, 0.15) is 17.2 Å². The molecule has 0 saturated heterocycles. The van der Waals surface area contributed by atoms with Crippen molar-refractivity contribution in [3.05, 3.63) is 106 Å². The van der Waals surface area contributed by atoms with Gasteiger partial charge in [0.15, 0.2) is 11.2 Å². The Bertz CT molecular complexity index is 1210. The van der Waals surface area contributed by atoms with Gasteiger partial charge in [0.2, 0.25) is 0 Å². The van der Waals surface area contributed by atoms with E-state index in [4.69, 9.17) is 4.42 Å². The summed E-state index contributed by atoms with van der Waals surface area (Å²) < 4.78 is 19.8. The zero-order chi connectivity index (χ0) is 19.5. The Hall–Kier alpha value is -3.80. The highest BCUT2D eigenvalue weighted by Crippen LogP contribution is 2.20. The van der Waals surface area contributed by atoms with E-state index < -0.39 is 11.7 Å². The fraction of sp³-hybridized carbons (Fsp3) is 0.0455. The number of para-hydroxylation sites is 1. The van der Waals surface area contributed by atoms with E-state index in [1.54, 1.807) is 60.7 Å². The number of halogens is 1. The smallest absolute Gasteiger partial charge is 0.295 e. The lowest BCUT2D eigenvalue weighted by Crippen LogP contribution is -2.32. The fourth-order valence-electron chi connectivity index (χ4n) is 2.91. The number of amides is 1. The first kappa shape index (κ1) is 17.6. The van der Waals surface area contributed by atoms with E-state index in [-0.39, 0.29) is 17.7 Å². The summed E-state index contributed by atoms with van der Waals surface area (Å²) in [6.45, 7) is -0.0565. The molecule has 2 aromatic carbocycles. The maximum atomic E-state index is 14.2. The van der Waals surface area contributed by atoms with Crippen LogP contribution < -0.4 is 10.3 Å². The SMILES string of the molecule is O=C(c1cc(=O)c2ccccc2o1)N(Cc1ccccc1F)c1ccccn1. The summed E-state index contributed by atoms with van der Waals surface area (Å²) in [5.74, 6) is -0.821. The van der Waals surface area contributed by atoms with Crippen LogP contribution in [0.1, 0.15) is 16.1 Å². The Morgan fingerprint density at radius 1 is 1.00 bits per heavy atom. The molecule has 0 N–H and O–H groups in total. The lowest BCUT2D eigenvalue weighted by Gasteiger charge is -2.21. The number of carbonyl (C=O) groups excluding carboxylic acids is 1. The van der Waals surface area contributed by atoms with E-state index in [0.717, 1.165) is 6.07 Å². The number of hydrogen-bond acceptors (Lipinski definition) is 4. The van der Waals surface area contributed by atoms with Crippen LogP contribution in [0.25, 0.3) is 11.0 Å². The van der Waals surface area contributed by atoms with E-state index in [0.29, 0.717) is 22.4 Å². The molecular weight excluding hydrogens is 359 g/mol. The molecule has 4 rings (SSSR count). The second kappa shape index (κ2) is 7.44. The molecule has 2 heterocycles. The standard InChI is InChI=1S/C22H15FN2O3/c23-17-9-3-1-7-15(17)14-25(21-11-5-6-12-24-21)22(27)20-13-18(26)16-8-2-4-10-19(16)28-20/h1-13H,14H2. The topological polar surface area (TPSA) is 63.4 Å². The van der Waals surface area contributed by atoms with Gasteiger partial charge in [-0.3, -0.25) is 14.5 Å². The Kier molecular flexibility index (Phi) is 4.68. The molecule has 0 unspecified atom stereocenters. The second-order valence-corrected chi connectivity index (χ2v) is 6.14. The molecule has 0 atom stereocenters. The molecule has 0 saturated carbocycles. The van der Waals surface area contributed by atoms with Gasteiger partial charge in [-0.25, -0.2) is 9.37 Å². The lowest BCUT2D eigenvalue weighted by molar-refractivity contribution is 0.0958. The molecule has 4 aromatic rings. The summed E-state index contributed by atoms with van der Waals surface area (Å²) in [6, 6.07) is 19.1. The van der Waals surface area contributed by atoms with Crippen molar-refractivity contribution in [2.24, 2.45) is 0 Å². The molecule has 138 valence electrons. The van der Waals surface area contributed by atoms with Crippen molar-refractivity contribution in [3.63, 3.8) is 0 Å². The third-order valence-corrected chi connectivity index (χ3v) is 4.30. The maximum absolute atomic E-state index is 14.2. The summed E-state index contributed by atoms with van der Waals surface area (Å²) >= 11 is 0. The number of benzene rings is 2. The number of fused-ring (bicyclic) bond motifs is 1. The normalized spacial score (nSPS) is 10.8. The van der Waals surface area contributed by atoms with Gasteiger partial charge in [0, 0.05) is 17.8 Å². The summed E-state index contributed by atoms with van der Waals surface area (Å²) in [5, 5.41) is 0.387. The fourth-order valence-corrected chi connectivity index (χ4v) is 2.91. The first-order valence-corrected chi connectivity index (χ1v) is 8.63. The average molecular weight is 374 g/mol. The molecular formula is C22H15FN2O3. The summed E-state index contributed by atoms with van der Waals surface area (Å²) in [7, 11) is 0. The minimum Gasteiger partial charge on any atom is -0.451 e. The third-order valence-electron chi connectivity index (χ3n) is 4.30. The van der Waals surface area contributed by atoms with Crippen molar-refractivity contribution >= 4 is 22.7 Å². The molecule has 0 aliphatic heterocycles. The van der Waals surface area contributed by atoms with E-state index >= 15 is 0 Å². The van der Waals surface area contributed by atoms with Crippen LogP contribution in [0.4, 0.5) is 10.2 Å². The van der Waals surface area contributed by atoms with Gasteiger partial charge in [-0.05, 0) is 30.3 Å². The highest BCUT2D eigenvalue weighted by Gasteiger charge is 2.23. The molecule has 0 spiro atoms. The first-order valence-electron chi connectivity index (χ1n) is 8.63. The largest absolute Gasteiger partial charge is 0.451 e. The van der Waals surface area contributed by atoms with Gasteiger partial charge in [-0.1, -0.05) is 36.4 Å². The minimum absolute atomic E-state index is 0.0565. The van der Waals surface area contributed by atoms with E-state index in [1.807, 2.05) is 0 Å². The molecule has 2 aromatic heterocycles. The number of rotatable bonds is 4. The number of nitrogens with zero attached hydrogens (tertiary/aromatic N) is 2. The lowest BCUT2D eigenvalue weighted by atomic mass is 10.1. The molecule has 0 bridgehead atoms. The van der Waals surface area contributed by atoms with Gasteiger partial charge >= 0.3 is 0 Å². The van der Waals surface area contributed by atoms with Crippen LogP contribution >= 0.6 is 0 Å². The highest BCUT2D eigenvalue weighted by molar-refractivity contribution is 6.04. The van der Waals surface area contributed by atoms with E-state index in [2.05, 4.69) is 4.98 Å². The van der Waals surface area contributed by atoms with Crippen LogP contribution in [0.15, 0.2) is 88.2 Å². The predicted octanol–water partition coefficient (Wildman–Crippen LogP) is 4.17. The van der Waals surface area contributed by atoms with Crippen molar-refractivity contribution in [2.45, 2.75) is 6.54 Å². The van der Waals surface area contributed by atoms with Crippen LogP contribution in [-0.2, 0) is 6.54 Å². The quantitative estimate of drug-likeness (QED) is 0.538. The Balaban J connectivity index is 1.79. The molecule has 1 amide bonds.